The van der Waals surface area contributed by atoms with E-state index in [0.29, 0.717) is 29.4 Å². The minimum atomic E-state index is -4.55. The zero-order valence-electron chi connectivity index (χ0n) is 20.4. The van der Waals surface area contributed by atoms with Gasteiger partial charge in [0, 0.05) is 45.7 Å². The highest BCUT2D eigenvalue weighted by atomic mass is 19.4. The molecule has 2 aromatic heterocycles. The van der Waals surface area contributed by atoms with Gasteiger partial charge < -0.3 is 9.13 Å². The van der Waals surface area contributed by atoms with Crippen molar-refractivity contribution in [3.8, 4) is 0 Å². The van der Waals surface area contributed by atoms with Gasteiger partial charge in [0.05, 0.1) is 16.6 Å². The maximum Gasteiger partial charge on any atom is 0.419 e. The second-order valence-corrected chi connectivity index (χ2v) is 9.72. The first kappa shape index (κ1) is 22.7. The van der Waals surface area contributed by atoms with Crippen LogP contribution in [0.2, 0.25) is 0 Å². The Morgan fingerprint density at radius 3 is 1.61 bits per heavy atom. The molecule has 0 unspecified atom stereocenters. The first-order valence-electron chi connectivity index (χ1n) is 12.6. The van der Waals surface area contributed by atoms with Gasteiger partial charge in [-0.1, -0.05) is 97.1 Å². The van der Waals surface area contributed by atoms with Gasteiger partial charge in [0.1, 0.15) is 0 Å². The lowest BCUT2D eigenvalue weighted by molar-refractivity contribution is -0.135. The Morgan fingerprint density at radius 2 is 1.00 bits per heavy atom. The summed E-state index contributed by atoms with van der Waals surface area (Å²) in [6.07, 6.45) is -4.55. The maximum absolute atomic E-state index is 15.2. The Morgan fingerprint density at radius 1 is 0.500 bits per heavy atom. The van der Waals surface area contributed by atoms with Crippen LogP contribution in [0.5, 0.6) is 0 Å². The fourth-order valence-electron chi connectivity index (χ4n) is 5.88. The van der Waals surface area contributed by atoms with Crippen molar-refractivity contribution in [1.82, 2.24) is 9.13 Å². The second-order valence-electron chi connectivity index (χ2n) is 9.72. The third-order valence-corrected chi connectivity index (χ3v) is 7.44. The van der Waals surface area contributed by atoms with E-state index in [1.165, 1.54) is 0 Å². The lowest BCUT2D eigenvalue weighted by Gasteiger charge is -2.16. The minimum Gasteiger partial charge on any atom is -0.336 e. The molecule has 0 saturated carbocycles. The summed E-state index contributed by atoms with van der Waals surface area (Å²) >= 11 is 0. The number of nitrogens with zero attached hydrogens (tertiary/aromatic N) is 2. The van der Waals surface area contributed by atoms with E-state index >= 15 is 13.2 Å². The molecule has 186 valence electrons. The van der Waals surface area contributed by atoms with Crippen LogP contribution in [-0.2, 0) is 19.3 Å². The highest BCUT2D eigenvalue weighted by Gasteiger charge is 2.38. The Bertz CT molecular complexity index is 1940. The summed E-state index contributed by atoms with van der Waals surface area (Å²) in [7, 11) is 0. The van der Waals surface area contributed by atoms with Crippen molar-refractivity contribution in [3.63, 3.8) is 0 Å². The Labute approximate surface area is 217 Å². The summed E-state index contributed by atoms with van der Waals surface area (Å²) in [5.41, 5.74) is 3.84. The number of hydrogen-bond donors (Lipinski definition) is 0. The summed E-state index contributed by atoms with van der Waals surface area (Å²) in [5, 5.41) is 2.31. The fraction of sp³-hybridized carbons (Fsp3) is 0.0909. The maximum atomic E-state index is 15.2. The van der Waals surface area contributed by atoms with Crippen LogP contribution in [0.25, 0.3) is 43.6 Å². The fourth-order valence-corrected chi connectivity index (χ4v) is 5.88. The van der Waals surface area contributed by atoms with Crippen LogP contribution < -0.4 is 0 Å². The van der Waals surface area contributed by atoms with Crippen molar-refractivity contribution >= 4 is 43.6 Å². The van der Waals surface area contributed by atoms with E-state index in [1.54, 1.807) is 0 Å². The van der Waals surface area contributed by atoms with Crippen molar-refractivity contribution < 1.29 is 13.2 Å². The molecule has 7 aromatic rings. The topological polar surface area (TPSA) is 9.86 Å². The van der Waals surface area contributed by atoms with Crippen molar-refractivity contribution in [1.29, 1.82) is 0 Å². The van der Waals surface area contributed by atoms with Gasteiger partial charge in [0.15, 0.2) is 0 Å². The number of hydrogen-bond acceptors (Lipinski definition) is 0. The molecule has 5 heteroatoms. The van der Waals surface area contributed by atoms with Crippen molar-refractivity contribution in [2.45, 2.75) is 19.3 Å². The molecule has 0 aliphatic carbocycles. The number of para-hydroxylation sites is 2. The average molecular weight is 505 g/mol. The monoisotopic (exact) mass is 504 g/mol. The summed E-state index contributed by atoms with van der Waals surface area (Å²) in [4.78, 5) is 0. The molecule has 2 nitrogen and oxygen atoms in total. The molecule has 0 bridgehead atoms. The van der Waals surface area contributed by atoms with E-state index in [2.05, 4.69) is 0 Å². The predicted molar refractivity (Wildman–Crippen MR) is 149 cm³/mol. The van der Waals surface area contributed by atoms with Gasteiger partial charge in [0.25, 0.3) is 0 Å². The molecule has 0 aliphatic rings. The van der Waals surface area contributed by atoms with E-state index < -0.39 is 11.7 Å². The molecule has 0 N–H and O–H groups in total. The van der Waals surface area contributed by atoms with E-state index in [-0.39, 0.29) is 10.9 Å². The zero-order valence-corrected chi connectivity index (χ0v) is 20.4. The van der Waals surface area contributed by atoms with E-state index in [4.69, 9.17) is 0 Å². The molecule has 38 heavy (non-hydrogen) atoms. The van der Waals surface area contributed by atoms with Gasteiger partial charge in [0.2, 0.25) is 0 Å². The Kier molecular flexibility index (Phi) is 5.08. The first-order chi connectivity index (χ1) is 18.5. The summed E-state index contributed by atoms with van der Waals surface area (Å²) in [6.45, 7) is 0.832. The number of aromatic nitrogens is 2. The smallest absolute Gasteiger partial charge is 0.336 e. The summed E-state index contributed by atoms with van der Waals surface area (Å²) in [5.74, 6) is 0. The SMILES string of the molecule is FC(F)(F)c1c2c3ccccc3n(Cc3ccccc3)c2cc2c3ccccc3n(Cc3ccccc3)c12. The first-order valence-corrected chi connectivity index (χ1v) is 12.6. The number of halogens is 3. The van der Waals surface area contributed by atoms with Crippen molar-refractivity contribution in [2.24, 2.45) is 0 Å². The minimum absolute atomic E-state index is 0.234. The second kappa shape index (κ2) is 8.52. The van der Waals surface area contributed by atoms with Crippen LogP contribution in [0.1, 0.15) is 16.7 Å². The average Bonchev–Trinajstić information content (AvgIpc) is 3.41. The van der Waals surface area contributed by atoms with Gasteiger partial charge in [-0.2, -0.15) is 13.2 Å². The summed E-state index contributed by atoms with van der Waals surface area (Å²) < 4.78 is 49.6. The van der Waals surface area contributed by atoms with Gasteiger partial charge in [-0.05, 0) is 29.3 Å². The van der Waals surface area contributed by atoms with Crippen molar-refractivity contribution in [2.75, 3.05) is 0 Å². The standard InChI is InChI=1S/C33H23F3N2/c34-33(35,36)31-30-25-16-8-10-18-28(25)37(20-22-11-3-1-4-12-22)29(30)19-26-24-15-7-9-17-27(24)38(32(26)31)21-23-13-5-2-6-14-23/h1-19H,20-21H2. The molecule has 2 heterocycles. The van der Waals surface area contributed by atoms with Crippen LogP contribution in [0, 0.1) is 0 Å². The molecule has 0 spiro atoms. The molecule has 0 radical (unpaired) electrons. The van der Waals surface area contributed by atoms with E-state index in [1.807, 2.05) is 124 Å². The molecule has 0 atom stereocenters. The van der Waals surface area contributed by atoms with E-state index in [0.717, 1.165) is 27.5 Å². The molecular weight excluding hydrogens is 481 g/mol. The van der Waals surface area contributed by atoms with E-state index in [9.17, 15) is 0 Å². The van der Waals surface area contributed by atoms with Crippen LogP contribution >= 0.6 is 0 Å². The molecule has 0 saturated heterocycles. The zero-order chi connectivity index (χ0) is 25.9. The molecule has 0 aliphatic heterocycles. The van der Waals surface area contributed by atoms with Gasteiger partial charge in [-0.25, -0.2) is 0 Å². The highest BCUT2D eigenvalue weighted by Crippen LogP contribution is 2.47. The number of alkyl halides is 3. The van der Waals surface area contributed by atoms with Crippen LogP contribution in [-0.4, -0.2) is 9.13 Å². The van der Waals surface area contributed by atoms with Crippen LogP contribution in [0.4, 0.5) is 13.2 Å². The number of fused-ring (bicyclic) bond motifs is 6. The van der Waals surface area contributed by atoms with Gasteiger partial charge in [-0.15, -0.1) is 0 Å². The third-order valence-electron chi connectivity index (χ3n) is 7.44. The van der Waals surface area contributed by atoms with Crippen LogP contribution in [0.15, 0.2) is 115 Å². The summed E-state index contributed by atoms with van der Waals surface area (Å²) in [6, 6.07) is 36.6. The Hall–Kier alpha value is -4.51. The molecular formula is C33H23F3N2. The number of rotatable bonds is 4. The lowest BCUT2D eigenvalue weighted by atomic mass is 10.0. The molecule has 7 rings (SSSR count). The van der Waals surface area contributed by atoms with Crippen LogP contribution in [0.3, 0.4) is 0 Å². The predicted octanol–water partition coefficient (Wildman–Crippen LogP) is 9.02. The Balaban J connectivity index is 1.66. The highest BCUT2D eigenvalue weighted by molar-refractivity contribution is 6.20. The third kappa shape index (κ3) is 3.50. The quantitative estimate of drug-likeness (QED) is 0.226. The van der Waals surface area contributed by atoms with Crippen molar-refractivity contribution in [3.05, 3.63) is 132 Å². The number of benzene rings is 5. The normalized spacial score (nSPS) is 12.3. The molecule has 5 aromatic carbocycles. The molecule has 0 fully saturated rings. The lowest BCUT2D eigenvalue weighted by Crippen LogP contribution is -2.11. The largest absolute Gasteiger partial charge is 0.419 e. The van der Waals surface area contributed by atoms with Gasteiger partial charge >= 0.3 is 6.18 Å². The molecule has 0 amide bonds. The van der Waals surface area contributed by atoms with Gasteiger partial charge in [-0.3, -0.25) is 0 Å².